The first-order chi connectivity index (χ1) is 9.31. The van der Waals surface area contributed by atoms with Crippen LogP contribution in [-0.2, 0) is 11.2 Å². The fraction of sp³-hybridized carbons (Fsp3) is 0.500. The molecule has 106 valence electrons. The number of carbonyl (C=O) groups excluding carboxylic acids is 1. The average Bonchev–Trinajstić information content (AvgIpc) is 2.39. The molecule has 2 rings (SSSR count). The van der Waals surface area contributed by atoms with Crippen molar-refractivity contribution in [2.45, 2.75) is 39.5 Å². The van der Waals surface area contributed by atoms with Crippen LogP contribution in [0.1, 0.15) is 38.7 Å². The molecular formula is C16H17ClFNO. The van der Waals surface area contributed by atoms with E-state index in [-0.39, 0.29) is 10.8 Å². The van der Waals surface area contributed by atoms with Crippen molar-refractivity contribution in [2.24, 2.45) is 10.8 Å². The summed E-state index contributed by atoms with van der Waals surface area (Å²) in [5.41, 5.74) is -0.759. The molecule has 0 bridgehead atoms. The second-order valence-electron chi connectivity index (χ2n) is 6.19. The van der Waals surface area contributed by atoms with E-state index in [4.69, 9.17) is 11.6 Å². The molecule has 0 radical (unpaired) electrons. The summed E-state index contributed by atoms with van der Waals surface area (Å²) in [7, 11) is 0. The average molecular weight is 294 g/mol. The minimum Gasteiger partial charge on any atom is -0.297 e. The Bertz CT molecular complexity index is 591. The third kappa shape index (κ3) is 2.58. The summed E-state index contributed by atoms with van der Waals surface area (Å²) in [5.74, 6) is -0.504. The van der Waals surface area contributed by atoms with E-state index >= 15 is 0 Å². The zero-order valence-corrected chi connectivity index (χ0v) is 12.4. The molecule has 1 saturated carbocycles. The number of halogens is 2. The van der Waals surface area contributed by atoms with Crippen LogP contribution in [0, 0.1) is 28.0 Å². The number of carbonyl (C=O) groups is 1. The highest BCUT2D eigenvalue weighted by Gasteiger charge is 2.48. The quantitative estimate of drug-likeness (QED) is 0.815. The van der Waals surface area contributed by atoms with Gasteiger partial charge in [0.1, 0.15) is 11.2 Å². The topological polar surface area (TPSA) is 40.9 Å². The molecule has 20 heavy (non-hydrogen) atoms. The minimum absolute atomic E-state index is 0.0146. The van der Waals surface area contributed by atoms with E-state index in [1.807, 2.05) is 13.8 Å². The lowest BCUT2D eigenvalue weighted by Gasteiger charge is -2.39. The number of Topliss-reactive ketones (excluding diaryl/α,β-unsaturated/α-hetero) is 1. The molecule has 1 unspecified atom stereocenters. The summed E-state index contributed by atoms with van der Waals surface area (Å²) >= 11 is 5.77. The third-order valence-electron chi connectivity index (χ3n) is 4.16. The Morgan fingerprint density at radius 1 is 1.40 bits per heavy atom. The maximum absolute atomic E-state index is 13.2. The molecule has 0 N–H and O–H groups in total. The van der Waals surface area contributed by atoms with Crippen LogP contribution < -0.4 is 0 Å². The van der Waals surface area contributed by atoms with Crippen LogP contribution in [0.15, 0.2) is 18.2 Å². The van der Waals surface area contributed by atoms with Crippen molar-refractivity contribution in [2.75, 3.05) is 0 Å². The summed E-state index contributed by atoms with van der Waals surface area (Å²) in [6, 6.07) is 6.60. The number of ketones is 1. The molecule has 0 saturated heterocycles. The molecule has 0 aliphatic heterocycles. The van der Waals surface area contributed by atoms with E-state index in [0.717, 1.165) is 18.4 Å². The van der Waals surface area contributed by atoms with Gasteiger partial charge in [0.05, 0.1) is 11.1 Å². The largest absolute Gasteiger partial charge is 0.297 e. The van der Waals surface area contributed by atoms with Gasteiger partial charge in [0.25, 0.3) is 0 Å². The molecular weight excluding hydrogens is 277 g/mol. The van der Waals surface area contributed by atoms with E-state index in [1.54, 1.807) is 6.07 Å². The van der Waals surface area contributed by atoms with Gasteiger partial charge in [-0.1, -0.05) is 37.9 Å². The molecule has 1 fully saturated rings. The third-order valence-corrected chi connectivity index (χ3v) is 4.45. The number of nitrogens with zero attached hydrogens (tertiary/aromatic N) is 1. The summed E-state index contributed by atoms with van der Waals surface area (Å²) in [4.78, 5) is 12.6. The summed E-state index contributed by atoms with van der Waals surface area (Å²) < 4.78 is 13.2. The van der Waals surface area contributed by atoms with Crippen LogP contribution in [0.3, 0.4) is 0 Å². The van der Waals surface area contributed by atoms with Gasteiger partial charge in [-0.15, -0.1) is 0 Å². The maximum atomic E-state index is 13.2. The van der Waals surface area contributed by atoms with Gasteiger partial charge in [-0.25, -0.2) is 4.39 Å². The predicted octanol–water partition coefficient (Wildman–Crippen LogP) is 4.31. The number of hydrogen-bond acceptors (Lipinski definition) is 2. The minimum atomic E-state index is -1.01. The molecule has 0 heterocycles. The van der Waals surface area contributed by atoms with Crippen LogP contribution in [0.4, 0.5) is 4.39 Å². The Morgan fingerprint density at radius 2 is 2.10 bits per heavy atom. The summed E-state index contributed by atoms with van der Waals surface area (Å²) in [6.45, 7) is 3.77. The lowest BCUT2D eigenvalue weighted by atomic mass is 9.61. The highest BCUT2D eigenvalue weighted by Crippen LogP contribution is 2.44. The summed E-state index contributed by atoms with van der Waals surface area (Å²) in [5, 5.41) is 9.58. The lowest BCUT2D eigenvalue weighted by molar-refractivity contribution is -0.138. The van der Waals surface area contributed by atoms with Gasteiger partial charge in [-0.05, 0) is 37.0 Å². The Balaban J connectivity index is 2.35. The molecule has 0 amide bonds. The molecule has 2 nitrogen and oxygen atoms in total. The molecule has 1 aliphatic carbocycles. The van der Waals surface area contributed by atoms with Gasteiger partial charge >= 0.3 is 0 Å². The second-order valence-corrected chi connectivity index (χ2v) is 6.59. The summed E-state index contributed by atoms with van der Waals surface area (Å²) in [6.07, 6.45) is 2.51. The van der Waals surface area contributed by atoms with Gasteiger partial charge in [-0.2, -0.15) is 5.26 Å². The smallest absolute Gasteiger partial charge is 0.158 e. The van der Waals surface area contributed by atoms with Crippen molar-refractivity contribution in [1.82, 2.24) is 0 Å². The molecule has 1 aromatic carbocycles. The molecule has 4 heteroatoms. The standard InChI is InChI=1S/C16H17ClFNO/c1-15(2)6-3-7-16(10-19,14(15)20)9-11-4-5-13(18)12(17)8-11/h4-5,8H,3,6-7,9H2,1-2H3. The highest BCUT2D eigenvalue weighted by atomic mass is 35.5. The van der Waals surface area contributed by atoms with E-state index < -0.39 is 16.6 Å². The molecule has 0 spiro atoms. The van der Waals surface area contributed by atoms with Gasteiger partial charge in [-0.3, -0.25) is 4.79 Å². The maximum Gasteiger partial charge on any atom is 0.158 e. The fourth-order valence-corrected chi connectivity index (χ4v) is 3.22. The van der Waals surface area contributed by atoms with Gasteiger partial charge < -0.3 is 0 Å². The van der Waals surface area contributed by atoms with Crippen molar-refractivity contribution in [3.05, 3.63) is 34.6 Å². The van der Waals surface area contributed by atoms with E-state index in [0.29, 0.717) is 12.8 Å². The Hall–Kier alpha value is -1.40. The number of nitriles is 1. The Kier molecular flexibility index (Phi) is 3.88. The predicted molar refractivity (Wildman–Crippen MR) is 75.8 cm³/mol. The number of rotatable bonds is 2. The van der Waals surface area contributed by atoms with Crippen LogP contribution in [-0.4, -0.2) is 5.78 Å². The monoisotopic (exact) mass is 293 g/mol. The van der Waals surface area contributed by atoms with E-state index in [2.05, 4.69) is 6.07 Å². The van der Waals surface area contributed by atoms with E-state index in [9.17, 15) is 14.4 Å². The zero-order chi connectivity index (χ0) is 15.0. The number of hydrogen-bond donors (Lipinski definition) is 0. The number of benzene rings is 1. The van der Waals surface area contributed by atoms with Crippen molar-refractivity contribution in [3.8, 4) is 6.07 Å². The molecule has 1 aromatic rings. The highest BCUT2D eigenvalue weighted by molar-refractivity contribution is 6.30. The lowest BCUT2D eigenvalue weighted by Crippen LogP contribution is -2.45. The van der Waals surface area contributed by atoms with Gasteiger partial charge in [0, 0.05) is 5.41 Å². The van der Waals surface area contributed by atoms with Crippen LogP contribution in [0.5, 0.6) is 0 Å². The fourth-order valence-electron chi connectivity index (χ4n) is 3.02. The molecule has 1 atom stereocenters. The first-order valence-electron chi connectivity index (χ1n) is 6.71. The van der Waals surface area contributed by atoms with Crippen molar-refractivity contribution < 1.29 is 9.18 Å². The zero-order valence-electron chi connectivity index (χ0n) is 11.7. The normalized spacial score (nSPS) is 25.2. The van der Waals surface area contributed by atoms with E-state index in [1.165, 1.54) is 12.1 Å². The first kappa shape index (κ1) is 15.0. The van der Waals surface area contributed by atoms with Gasteiger partial charge in [0.2, 0.25) is 0 Å². The van der Waals surface area contributed by atoms with Crippen molar-refractivity contribution >= 4 is 17.4 Å². The van der Waals surface area contributed by atoms with Crippen LogP contribution >= 0.6 is 11.6 Å². The first-order valence-corrected chi connectivity index (χ1v) is 7.09. The second kappa shape index (κ2) is 5.18. The molecule has 0 aromatic heterocycles. The Morgan fingerprint density at radius 3 is 2.70 bits per heavy atom. The van der Waals surface area contributed by atoms with Gasteiger partial charge in [0.15, 0.2) is 5.78 Å². The SMILES string of the molecule is CC1(C)CCCC(C#N)(Cc2ccc(F)c(Cl)c2)C1=O. The van der Waals surface area contributed by atoms with Crippen LogP contribution in [0.25, 0.3) is 0 Å². The van der Waals surface area contributed by atoms with Crippen molar-refractivity contribution in [3.63, 3.8) is 0 Å². The Labute approximate surface area is 123 Å². The molecule has 1 aliphatic rings. The van der Waals surface area contributed by atoms with Crippen LogP contribution in [0.2, 0.25) is 5.02 Å². The van der Waals surface area contributed by atoms with Crippen molar-refractivity contribution in [1.29, 1.82) is 5.26 Å².